The maximum absolute atomic E-state index is 8.88. The molecule has 1 heterocycles. The van der Waals surface area contributed by atoms with Crippen molar-refractivity contribution in [3.05, 3.63) is 40.0 Å². The summed E-state index contributed by atoms with van der Waals surface area (Å²) in [6, 6.07) is 12.0. The van der Waals surface area contributed by atoms with E-state index in [0.29, 0.717) is 5.57 Å². The van der Waals surface area contributed by atoms with Crippen molar-refractivity contribution < 1.29 is 0 Å². The molecule has 0 bridgehead atoms. The van der Waals surface area contributed by atoms with Gasteiger partial charge in [0.25, 0.3) is 0 Å². The average molecular weight is 306 g/mol. The molecule has 0 unspecified atom stereocenters. The minimum atomic E-state index is -0.207. The quantitative estimate of drug-likeness (QED) is 0.600. The number of hydrogen-bond donors (Lipinski definition) is 0. The van der Waals surface area contributed by atoms with E-state index < -0.39 is 0 Å². The van der Waals surface area contributed by atoms with Crippen LogP contribution in [0.3, 0.4) is 0 Å². The summed E-state index contributed by atoms with van der Waals surface area (Å²) >= 11 is -0.207. The second-order valence-corrected chi connectivity index (χ2v) is 5.68. The van der Waals surface area contributed by atoms with Gasteiger partial charge in [-0.1, -0.05) is 0 Å². The Morgan fingerprint density at radius 1 is 1.27 bits per heavy atom. The molecule has 0 aliphatic heterocycles. The normalized spacial score (nSPS) is 10.9. The molecule has 15 heavy (non-hydrogen) atoms. The standard InChI is InChI=1S/C12H6N2Te/c13-5-3-11(8-14)10-2-1-9-4-6-15-12(9)7-10/h1-4,6-7H/b11-3+. The molecule has 0 saturated heterocycles. The van der Waals surface area contributed by atoms with Crippen molar-refractivity contribution in [2.75, 3.05) is 0 Å². The third-order valence-electron chi connectivity index (χ3n) is 2.10. The van der Waals surface area contributed by atoms with Crippen LogP contribution < -0.4 is 0 Å². The fourth-order valence-electron chi connectivity index (χ4n) is 1.37. The van der Waals surface area contributed by atoms with Crippen molar-refractivity contribution in [2.24, 2.45) is 0 Å². The first kappa shape index (κ1) is 10.0. The predicted molar refractivity (Wildman–Crippen MR) is 60.1 cm³/mol. The summed E-state index contributed by atoms with van der Waals surface area (Å²) in [6.07, 6.45) is 1.30. The molecule has 0 aliphatic carbocycles. The Labute approximate surface area is 97.3 Å². The van der Waals surface area contributed by atoms with Crippen LogP contribution in [-0.4, -0.2) is 20.4 Å². The van der Waals surface area contributed by atoms with Gasteiger partial charge in [0, 0.05) is 0 Å². The summed E-state index contributed by atoms with van der Waals surface area (Å²) in [5.41, 5.74) is 1.30. The average Bonchev–Trinajstić information content (AvgIpc) is 2.72. The Hall–Kier alpha value is -1.53. The number of allylic oxidation sites excluding steroid dienone is 2. The van der Waals surface area contributed by atoms with Crippen LogP contribution in [0.1, 0.15) is 5.56 Å². The molecule has 0 aliphatic rings. The molecular formula is C12H6N2Te. The van der Waals surface area contributed by atoms with Gasteiger partial charge in [-0.05, 0) is 0 Å². The van der Waals surface area contributed by atoms with Crippen molar-refractivity contribution in [3.63, 3.8) is 0 Å². The molecule has 0 N–H and O–H groups in total. The van der Waals surface area contributed by atoms with Gasteiger partial charge in [-0.25, -0.2) is 0 Å². The zero-order valence-corrected chi connectivity index (χ0v) is 10.1. The molecule has 0 fully saturated rings. The van der Waals surface area contributed by atoms with Crippen molar-refractivity contribution in [2.45, 2.75) is 0 Å². The molecule has 0 radical (unpaired) electrons. The molecule has 0 saturated carbocycles. The number of nitrogens with zero attached hydrogens (tertiary/aromatic N) is 2. The van der Waals surface area contributed by atoms with Crippen molar-refractivity contribution in [1.82, 2.24) is 0 Å². The Bertz CT molecular complexity index is 608. The number of fused-ring (bicyclic) bond motifs is 1. The van der Waals surface area contributed by atoms with Crippen LogP contribution >= 0.6 is 0 Å². The molecule has 1 aromatic heterocycles. The zero-order valence-electron chi connectivity index (χ0n) is 7.77. The van der Waals surface area contributed by atoms with E-state index in [1.165, 1.54) is 14.9 Å². The molecule has 1 aromatic carbocycles. The molecule has 2 rings (SSSR count). The van der Waals surface area contributed by atoms with Crippen molar-refractivity contribution in [3.8, 4) is 12.1 Å². The van der Waals surface area contributed by atoms with E-state index in [-0.39, 0.29) is 20.4 Å². The van der Waals surface area contributed by atoms with E-state index in [1.807, 2.05) is 30.3 Å². The maximum atomic E-state index is 8.88. The van der Waals surface area contributed by atoms with E-state index in [4.69, 9.17) is 10.5 Å². The third kappa shape index (κ3) is 1.95. The first-order valence-corrected chi connectivity index (χ1v) is 6.84. The van der Waals surface area contributed by atoms with Crippen LogP contribution in [-0.2, 0) is 0 Å². The molecule has 0 amide bonds. The van der Waals surface area contributed by atoms with Crippen molar-refractivity contribution in [1.29, 1.82) is 10.5 Å². The Morgan fingerprint density at radius 3 is 2.87 bits per heavy atom. The number of hydrogen-bond acceptors (Lipinski definition) is 2. The van der Waals surface area contributed by atoms with Gasteiger partial charge >= 0.3 is 97.4 Å². The first-order chi connectivity index (χ1) is 7.35. The van der Waals surface area contributed by atoms with Gasteiger partial charge < -0.3 is 0 Å². The van der Waals surface area contributed by atoms with Crippen LogP contribution in [0.4, 0.5) is 0 Å². The van der Waals surface area contributed by atoms with Gasteiger partial charge in [0.2, 0.25) is 0 Å². The van der Waals surface area contributed by atoms with E-state index in [9.17, 15) is 0 Å². The van der Waals surface area contributed by atoms with Gasteiger partial charge in [0.1, 0.15) is 0 Å². The van der Waals surface area contributed by atoms with Crippen LogP contribution in [0.15, 0.2) is 34.4 Å². The second kappa shape index (κ2) is 4.33. The molecule has 70 valence electrons. The first-order valence-electron chi connectivity index (χ1n) is 4.32. The predicted octanol–water partition coefficient (Wildman–Crippen LogP) is 2.33. The molecule has 2 nitrogen and oxygen atoms in total. The second-order valence-electron chi connectivity index (χ2n) is 2.97. The third-order valence-corrected chi connectivity index (χ3v) is 4.61. The van der Waals surface area contributed by atoms with E-state index >= 15 is 0 Å². The van der Waals surface area contributed by atoms with E-state index in [0.717, 1.165) is 5.56 Å². The fourth-order valence-corrected chi connectivity index (χ4v) is 3.73. The van der Waals surface area contributed by atoms with Gasteiger partial charge in [0.05, 0.1) is 0 Å². The monoisotopic (exact) mass is 308 g/mol. The molecule has 0 spiro atoms. The topological polar surface area (TPSA) is 47.6 Å². The molecular weight excluding hydrogens is 300 g/mol. The van der Waals surface area contributed by atoms with E-state index in [1.54, 1.807) is 0 Å². The minimum absolute atomic E-state index is 0.207. The number of nitriles is 2. The van der Waals surface area contributed by atoms with Crippen LogP contribution in [0, 0.1) is 22.7 Å². The number of rotatable bonds is 1. The SMILES string of the molecule is N#C/C=C(\C#N)c1ccc2cc[te]c2c1. The molecule has 0 atom stereocenters. The Kier molecular flexibility index (Phi) is 2.89. The van der Waals surface area contributed by atoms with Crippen molar-refractivity contribution >= 4 is 34.8 Å². The summed E-state index contributed by atoms with van der Waals surface area (Å²) < 4.78 is 3.57. The van der Waals surface area contributed by atoms with Gasteiger partial charge in [-0.15, -0.1) is 0 Å². The van der Waals surface area contributed by atoms with Gasteiger partial charge in [0.15, 0.2) is 0 Å². The van der Waals surface area contributed by atoms with Gasteiger partial charge in [-0.2, -0.15) is 0 Å². The van der Waals surface area contributed by atoms with Crippen LogP contribution in [0.5, 0.6) is 0 Å². The van der Waals surface area contributed by atoms with E-state index in [2.05, 4.69) is 10.1 Å². The molecule has 2 aromatic rings. The summed E-state index contributed by atoms with van der Waals surface area (Å²) in [5, 5.41) is 18.7. The Balaban J connectivity index is 2.58. The fraction of sp³-hybridized carbons (Fsp3) is 0. The molecule has 3 heteroatoms. The zero-order chi connectivity index (χ0) is 10.7. The van der Waals surface area contributed by atoms with Gasteiger partial charge in [-0.3, -0.25) is 0 Å². The Morgan fingerprint density at radius 2 is 2.13 bits per heavy atom. The number of benzene rings is 1. The van der Waals surface area contributed by atoms with Crippen LogP contribution in [0.2, 0.25) is 0 Å². The van der Waals surface area contributed by atoms with Crippen LogP contribution in [0.25, 0.3) is 14.4 Å². The summed E-state index contributed by atoms with van der Waals surface area (Å²) in [5.74, 6) is 0. The summed E-state index contributed by atoms with van der Waals surface area (Å²) in [6.45, 7) is 0. The summed E-state index contributed by atoms with van der Waals surface area (Å²) in [4.78, 5) is 0. The summed E-state index contributed by atoms with van der Waals surface area (Å²) in [7, 11) is 0.